The van der Waals surface area contributed by atoms with Crippen LogP contribution in [0.25, 0.3) is 5.69 Å². The summed E-state index contributed by atoms with van der Waals surface area (Å²) in [7, 11) is 0. The molecule has 3 N–H and O–H groups in total. The van der Waals surface area contributed by atoms with Gasteiger partial charge in [-0.1, -0.05) is 18.2 Å². The average Bonchev–Trinajstić information content (AvgIpc) is 3.01. The second-order valence-electron chi connectivity index (χ2n) is 5.49. The zero-order valence-electron chi connectivity index (χ0n) is 13.8. The van der Waals surface area contributed by atoms with Crippen LogP contribution in [0.1, 0.15) is 21.9 Å². The maximum Gasteiger partial charge on any atom is 0.281 e. The Morgan fingerprint density at radius 1 is 1.27 bits per heavy atom. The van der Waals surface area contributed by atoms with E-state index in [1.54, 1.807) is 12.3 Å². The molecule has 0 atom stereocenters. The minimum atomic E-state index is -0.667. The molecule has 0 aliphatic heterocycles. The van der Waals surface area contributed by atoms with Crippen molar-refractivity contribution in [3.05, 3.63) is 69.1 Å². The van der Waals surface area contributed by atoms with Crippen LogP contribution in [0.2, 0.25) is 0 Å². The first kappa shape index (κ1) is 17.5. The predicted molar refractivity (Wildman–Crippen MR) is 97.5 cm³/mol. The van der Waals surface area contributed by atoms with Crippen molar-refractivity contribution in [3.8, 4) is 5.69 Å². The average molecular weight is 369 g/mol. The summed E-state index contributed by atoms with van der Waals surface area (Å²) in [5, 5.41) is 8.60. The lowest BCUT2D eigenvalue weighted by atomic mass is 10.2. The van der Waals surface area contributed by atoms with E-state index in [4.69, 9.17) is 5.73 Å². The second-order valence-corrected chi connectivity index (χ2v) is 6.35. The van der Waals surface area contributed by atoms with Gasteiger partial charge in [0.1, 0.15) is 0 Å². The van der Waals surface area contributed by atoms with E-state index in [0.717, 1.165) is 17.0 Å². The first-order valence-electron chi connectivity index (χ1n) is 7.64. The maximum atomic E-state index is 12.4. The third-order valence-electron chi connectivity index (χ3n) is 3.45. The summed E-state index contributed by atoms with van der Waals surface area (Å²) in [6, 6.07) is 10.5. The lowest BCUT2D eigenvalue weighted by Gasteiger charge is -2.10. The SMILES string of the molecule is Cc1cc(=O)c(C(=O)Nc2nc(CC(N)=O)cs2)nn1-c1ccccc1. The molecule has 2 aromatic heterocycles. The van der Waals surface area contributed by atoms with Gasteiger partial charge in [-0.2, -0.15) is 5.10 Å². The molecule has 2 amide bonds. The molecule has 0 radical (unpaired) electrons. The van der Waals surface area contributed by atoms with E-state index >= 15 is 0 Å². The molecule has 0 fully saturated rings. The highest BCUT2D eigenvalue weighted by molar-refractivity contribution is 7.14. The topological polar surface area (TPSA) is 120 Å². The van der Waals surface area contributed by atoms with Crippen molar-refractivity contribution in [2.45, 2.75) is 13.3 Å². The lowest BCUT2D eigenvalue weighted by Crippen LogP contribution is -2.26. The van der Waals surface area contributed by atoms with E-state index in [1.165, 1.54) is 10.7 Å². The van der Waals surface area contributed by atoms with E-state index in [9.17, 15) is 14.4 Å². The van der Waals surface area contributed by atoms with E-state index < -0.39 is 17.2 Å². The molecule has 132 valence electrons. The number of nitrogens with one attached hydrogen (secondary N) is 1. The number of para-hydroxylation sites is 1. The smallest absolute Gasteiger partial charge is 0.281 e. The molecule has 0 bridgehead atoms. The summed E-state index contributed by atoms with van der Waals surface area (Å²) in [6.45, 7) is 1.74. The van der Waals surface area contributed by atoms with Gasteiger partial charge < -0.3 is 5.73 Å². The number of rotatable bonds is 5. The molecule has 3 aromatic rings. The van der Waals surface area contributed by atoms with Crippen molar-refractivity contribution < 1.29 is 9.59 Å². The number of carbonyl (C=O) groups excluding carboxylic acids is 2. The summed E-state index contributed by atoms with van der Waals surface area (Å²) in [5.41, 5.74) is 6.18. The number of benzene rings is 1. The third kappa shape index (κ3) is 3.83. The Hall–Kier alpha value is -3.33. The zero-order chi connectivity index (χ0) is 18.7. The number of primary amides is 1. The molecule has 1 aromatic carbocycles. The van der Waals surface area contributed by atoms with E-state index in [2.05, 4.69) is 15.4 Å². The highest BCUT2D eigenvalue weighted by Gasteiger charge is 2.17. The minimum absolute atomic E-state index is 0.0179. The van der Waals surface area contributed by atoms with Crippen LogP contribution in [0.4, 0.5) is 5.13 Å². The van der Waals surface area contributed by atoms with E-state index in [-0.39, 0.29) is 17.2 Å². The molecular weight excluding hydrogens is 354 g/mol. The van der Waals surface area contributed by atoms with Gasteiger partial charge in [-0.15, -0.1) is 11.3 Å². The number of aryl methyl sites for hydroxylation is 1. The molecule has 0 spiro atoms. The molecule has 0 unspecified atom stereocenters. The van der Waals surface area contributed by atoms with Gasteiger partial charge in [0.2, 0.25) is 11.3 Å². The van der Waals surface area contributed by atoms with Crippen LogP contribution in [0.5, 0.6) is 0 Å². The number of nitrogens with two attached hydrogens (primary N) is 1. The van der Waals surface area contributed by atoms with Crippen molar-refractivity contribution in [1.29, 1.82) is 0 Å². The number of nitrogens with zero attached hydrogens (tertiary/aromatic N) is 3. The largest absolute Gasteiger partial charge is 0.369 e. The van der Waals surface area contributed by atoms with Gasteiger partial charge in [0.25, 0.3) is 5.91 Å². The highest BCUT2D eigenvalue weighted by atomic mass is 32.1. The Kier molecular flexibility index (Phi) is 4.90. The Morgan fingerprint density at radius 3 is 2.69 bits per heavy atom. The Labute approximate surface area is 152 Å². The van der Waals surface area contributed by atoms with Crippen molar-refractivity contribution in [2.24, 2.45) is 5.73 Å². The molecule has 2 heterocycles. The van der Waals surface area contributed by atoms with Crippen LogP contribution < -0.4 is 16.5 Å². The van der Waals surface area contributed by atoms with E-state index in [1.807, 2.05) is 30.3 Å². The predicted octanol–water partition coefficient (Wildman–Crippen LogP) is 1.28. The van der Waals surface area contributed by atoms with Gasteiger partial charge in [0.15, 0.2) is 10.8 Å². The first-order chi connectivity index (χ1) is 12.4. The maximum absolute atomic E-state index is 12.4. The van der Waals surface area contributed by atoms with Gasteiger partial charge in [0.05, 0.1) is 17.8 Å². The third-order valence-corrected chi connectivity index (χ3v) is 4.26. The number of hydrogen-bond acceptors (Lipinski definition) is 6. The van der Waals surface area contributed by atoms with Crippen LogP contribution >= 0.6 is 11.3 Å². The molecule has 3 rings (SSSR count). The summed E-state index contributed by atoms with van der Waals surface area (Å²) in [5.74, 6) is -1.18. The standard InChI is InChI=1S/C17H15N5O3S/c1-10-7-13(23)15(21-22(10)12-5-3-2-4-6-12)16(25)20-17-19-11(9-26-17)8-14(18)24/h2-7,9H,8H2,1H3,(H2,18,24)(H,19,20,25). The molecule has 26 heavy (non-hydrogen) atoms. The van der Waals surface area contributed by atoms with Crippen LogP contribution in [0.15, 0.2) is 46.6 Å². The van der Waals surface area contributed by atoms with Crippen molar-refractivity contribution >= 4 is 28.3 Å². The van der Waals surface area contributed by atoms with Gasteiger partial charge in [-0.3, -0.25) is 19.7 Å². The van der Waals surface area contributed by atoms with E-state index in [0.29, 0.717) is 11.4 Å². The first-order valence-corrected chi connectivity index (χ1v) is 8.52. The normalized spacial score (nSPS) is 10.5. The van der Waals surface area contributed by atoms with Crippen LogP contribution in [0, 0.1) is 6.92 Å². The number of amides is 2. The number of thiazole rings is 1. The molecule has 0 aliphatic carbocycles. The Morgan fingerprint density at radius 2 is 2.00 bits per heavy atom. The second kappa shape index (κ2) is 7.28. The summed E-state index contributed by atoms with van der Waals surface area (Å²) in [6.07, 6.45) is -0.0179. The van der Waals surface area contributed by atoms with Gasteiger partial charge in [-0.25, -0.2) is 9.67 Å². The summed E-state index contributed by atoms with van der Waals surface area (Å²) >= 11 is 1.14. The number of anilines is 1. The number of carbonyl (C=O) groups is 2. The van der Waals surface area contributed by atoms with Crippen LogP contribution in [-0.4, -0.2) is 26.6 Å². The lowest BCUT2D eigenvalue weighted by molar-refractivity contribution is -0.117. The summed E-state index contributed by atoms with van der Waals surface area (Å²) < 4.78 is 1.52. The quantitative estimate of drug-likeness (QED) is 0.702. The molecule has 0 saturated heterocycles. The fraction of sp³-hybridized carbons (Fsp3) is 0.118. The van der Waals surface area contributed by atoms with Crippen molar-refractivity contribution in [2.75, 3.05) is 5.32 Å². The molecule has 0 saturated carbocycles. The van der Waals surface area contributed by atoms with Gasteiger partial charge >= 0.3 is 0 Å². The van der Waals surface area contributed by atoms with Gasteiger partial charge in [0, 0.05) is 17.1 Å². The van der Waals surface area contributed by atoms with Crippen LogP contribution in [0.3, 0.4) is 0 Å². The zero-order valence-corrected chi connectivity index (χ0v) is 14.6. The van der Waals surface area contributed by atoms with Crippen molar-refractivity contribution in [3.63, 3.8) is 0 Å². The molecule has 9 heteroatoms. The molecule has 0 aliphatic rings. The Bertz CT molecular complexity index is 1030. The fourth-order valence-electron chi connectivity index (χ4n) is 2.32. The molecular formula is C17H15N5O3S. The monoisotopic (exact) mass is 369 g/mol. The minimum Gasteiger partial charge on any atom is -0.369 e. The van der Waals surface area contributed by atoms with Crippen molar-refractivity contribution in [1.82, 2.24) is 14.8 Å². The fourth-order valence-corrected chi connectivity index (χ4v) is 3.02. The Balaban J connectivity index is 1.89. The number of hydrogen-bond donors (Lipinski definition) is 2. The van der Waals surface area contributed by atoms with Gasteiger partial charge in [-0.05, 0) is 19.1 Å². The van der Waals surface area contributed by atoms with Crippen LogP contribution in [-0.2, 0) is 11.2 Å². The summed E-state index contributed by atoms with van der Waals surface area (Å²) in [4.78, 5) is 39.6. The highest BCUT2D eigenvalue weighted by Crippen LogP contribution is 2.16. The number of aromatic nitrogens is 3. The molecule has 8 nitrogen and oxygen atoms in total.